The Hall–Kier alpha value is -1.93. The van der Waals surface area contributed by atoms with Gasteiger partial charge in [0.25, 0.3) is 0 Å². The van der Waals surface area contributed by atoms with E-state index in [9.17, 15) is 14.7 Å². The molecule has 2 fully saturated rings. The number of aliphatic hydroxyl groups is 1. The van der Waals surface area contributed by atoms with Crippen LogP contribution >= 0.6 is 0 Å². The topological polar surface area (TPSA) is 81.9 Å². The number of hydrogen-bond donors (Lipinski definition) is 1. The van der Waals surface area contributed by atoms with Crippen molar-refractivity contribution in [1.29, 1.82) is 0 Å². The molecule has 0 saturated carbocycles. The molecule has 2 aliphatic heterocycles. The van der Waals surface area contributed by atoms with E-state index in [2.05, 4.69) is 10.00 Å². The van der Waals surface area contributed by atoms with Gasteiger partial charge in [0.1, 0.15) is 6.54 Å². The number of piperazine rings is 1. The smallest absolute Gasteiger partial charge is 0.244 e. The van der Waals surface area contributed by atoms with Crippen LogP contribution in [0.15, 0.2) is 18.5 Å². The third-order valence-electron chi connectivity index (χ3n) is 4.70. The summed E-state index contributed by atoms with van der Waals surface area (Å²) in [7, 11) is 0. The number of hydrogen-bond acceptors (Lipinski definition) is 5. The molecular formula is C15H23N5O3. The molecule has 2 amide bonds. The van der Waals surface area contributed by atoms with Gasteiger partial charge in [-0.3, -0.25) is 19.2 Å². The first-order chi connectivity index (χ1) is 11.0. The number of rotatable bonds is 3. The van der Waals surface area contributed by atoms with Gasteiger partial charge in [-0.25, -0.2) is 0 Å². The van der Waals surface area contributed by atoms with Gasteiger partial charge in [0.15, 0.2) is 0 Å². The highest BCUT2D eigenvalue weighted by Crippen LogP contribution is 2.18. The SMILES string of the molecule is CC(=O)N1CCN([C@@H]2CN(C(=O)Cn3cccn3)C[C@H]2O)CC1. The highest BCUT2D eigenvalue weighted by molar-refractivity contribution is 5.76. The zero-order chi connectivity index (χ0) is 16.4. The molecular weight excluding hydrogens is 298 g/mol. The maximum Gasteiger partial charge on any atom is 0.244 e. The minimum Gasteiger partial charge on any atom is -0.390 e. The summed E-state index contributed by atoms with van der Waals surface area (Å²) in [4.78, 5) is 29.4. The van der Waals surface area contributed by atoms with Crippen molar-refractivity contribution in [2.75, 3.05) is 39.3 Å². The molecule has 0 radical (unpaired) electrons. The van der Waals surface area contributed by atoms with Crippen LogP contribution in [0.1, 0.15) is 6.92 Å². The monoisotopic (exact) mass is 321 g/mol. The lowest BCUT2D eigenvalue weighted by Crippen LogP contribution is -2.54. The second-order valence-electron chi connectivity index (χ2n) is 6.18. The van der Waals surface area contributed by atoms with E-state index in [0.29, 0.717) is 26.2 Å². The Labute approximate surface area is 135 Å². The Kier molecular flexibility index (Phi) is 4.63. The molecule has 2 atom stereocenters. The van der Waals surface area contributed by atoms with Crippen molar-refractivity contribution in [3.8, 4) is 0 Å². The van der Waals surface area contributed by atoms with Crippen molar-refractivity contribution in [2.24, 2.45) is 0 Å². The molecule has 126 valence electrons. The maximum atomic E-state index is 12.3. The first-order valence-corrected chi connectivity index (χ1v) is 7.97. The van der Waals surface area contributed by atoms with Crippen LogP contribution < -0.4 is 0 Å². The molecule has 0 bridgehead atoms. The van der Waals surface area contributed by atoms with E-state index in [0.717, 1.165) is 13.1 Å². The second kappa shape index (κ2) is 6.67. The van der Waals surface area contributed by atoms with Crippen molar-refractivity contribution in [1.82, 2.24) is 24.5 Å². The molecule has 1 N–H and O–H groups in total. The van der Waals surface area contributed by atoms with Gasteiger partial charge >= 0.3 is 0 Å². The third kappa shape index (κ3) is 3.53. The van der Waals surface area contributed by atoms with Crippen molar-refractivity contribution in [3.05, 3.63) is 18.5 Å². The van der Waals surface area contributed by atoms with Crippen LogP contribution in [0.25, 0.3) is 0 Å². The fraction of sp³-hybridized carbons (Fsp3) is 0.667. The second-order valence-corrected chi connectivity index (χ2v) is 6.18. The number of amides is 2. The number of likely N-dealkylation sites (tertiary alicyclic amines) is 1. The van der Waals surface area contributed by atoms with Crippen molar-refractivity contribution in [3.63, 3.8) is 0 Å². The molecule has 3 heterocycles. The minimum atomic E-state index is -0.541. The number of aliphatic hydroxyl groups excluding tert-OH is 1. The third-order valence-corrected chi connectivity index (χ3v) is 4.70. The van der Waals surface area contributed by atoms with E-state index < -0.39 is 6.10 Å². The van der Waals surface area contributed by atoms with Gasteiger partial charge in [0.2, 0.25) is 11.8 Å². The van der Waals surface area contributed by atoms with Gasteiger partial charge in [0.05, 0.1) is 12.1 Å². The molecule has 23 heavy (non-hydrogen) atoms. The average Bonchev–Trinajstić information content (AvgIpc) is 3.17. The molecule has 8 nitrogen and oxygen atoms in total. The molecule has 0 spiro atoms. The summed E-state index contributed by atoms with van der Waals surface area (Å²) >= 11 is 0. The molecule has 2 aliphatic rings. The van der Waals surface area contributed by atoms with Crippen LogP contribution in [0, 0.1) is 0 Å². The van der Waals surface area contributed by atoms with Gasteiger partial charge < -0.3 is 14.9 Å². The first-order valence-electron chi connectivity index (χ1n) is 7.97. The lowest BCUT2D eigenvalue weighted by atomic mass is 10.1. The Morgan fingerprint density at radius 2 is 1.91 bits per heavy atom. The van der Waals surface area contributed by atoms with Crippen LogP contribution in [0.2, 0.25) is 0 Å². The number of carbonyl (C=O) groups is 2. The zero-order valence-electron chi connectivity index (χ0n) is 13.3. The highest BCUT2D eigenvalue weighted by Gasteiger charge is 2.38. The van der Waals surface area contributed by atoms with Gasteiger partial charge in [-0.05, 0) is 6.07 Å². The van der Waals surface area contributed by atoms with E-state index in [-0.39, 0.29) is 24.4 Å². The predicted molar refractivity (Wildman–Crippen MR) is 82.4 cm³/mol. The Morgan fingerprint density at radius 3 is 2.52 bits per heavy atom. The van der Waals surface area contributed by atoms with E-state index in [1.165, 1.54) is 0 Å². The molecule has 0 aliphatic carbocycles. The van der Waals surface area contributed by atoms with E-state index in [4.69, 9.17) is 0 Å². The summed E-state index contributed by atoms with van der Waals surface area (Å²) in [5.41, 5.74) is 0. The summed E-state index contributed by atoms with van der Waals surface area (Å²) in [6, 6.07) is 1.73. The molecule has 0 aromatic carbocycles. The molecule has 0 unspecified atom stereocenters. The molecule has 1 aromatic rings. The van der Waals surface area contributed by atoms with Crippen LogP contribution in [0.3, 0.4) is 0 Å². The van der Waals surface area contributed by atoms with E-state index in [1.807, 2.05) is 4.90 Å². The van der Waals surface area contributed by atoms with Crippen LogP contribution in [-0.2, 0) is 16.1 Å². The zero-order valence-corrected chi connectivity index (χ0v) is 13.3. The Morgan fingerprint density at radius 1 is 1.17 bits per heavy atom. The lowest BCUT2D eigenvalue weighted by Gasteiger charge is -2.38. The van der Waals surface area contributed by atoms with E-state index in [1.54, 1.807) is 35.0 Å². The summed E-state index contributed by atoms with van der Waals surface area (Å²) in [6.45, 7) is 5.50. The number of aromatic nitrogens is 2. The number of nitrogens with zero attached hydrogens (tertiary/aromatic N) is 5. The normalized spacial score (nSPS) is 25.8. The van der Waals surface area contributed by atoms with Crippen LogP contribution in [-0.4, -0.2) is 92.8 Å². The predicted octanol–water partition coefficient (Wildman–Crippen LogP) is -1.38. The average molecular weight is 321 g/mol. The Balaban J connectivity index is 1.54. The molecule has 1 aromatic heterocycles. The van der Waals surface area contributed by atoms with Crippen LogP contribution in [0.4, 0.5) is 0 Å². The van der Waals surface area contributed by atoms with Gasteiger partial charge in [-0.2, -0.15) is 5.10 Å². The molecule has 8 heteroatoms. The summed E-state index contributed by atoms with van der Waals surface area (Å²) in [5.74, 6) is 0.0604. The standard InChI is InChI=1S/C15H23N5O3/c1-12(21)17-5-7-18(8-6-17)13-9-19(10-14(13)22)15(23)11-20-4-2-3-16-20/h2-4,13-14,22H,5-11H2,1H3/t13-,14-/m1/s1. The van der Waals surface area contributed by atoms with Crippen molar-refractivity contribution in [2.45, 2.75) is 25.6 Å². The minimum absolute atomic E-state index is 0.0300. The van der Waals surface area contributed by atoms with Gasteiger partial charge in [0, 0.05) is 58.6 Å². The quantitative estimate of drug-likeness (QED) is 0.742. The molecule has 3 rings (SSSR count). The van der Waals surface area contributed by atoms with E-state index >= 15 is 0 Å². The first kappa shape index (κ1) is 15.9. The summed E-state index contributed by atoms with van der Waals surface area (Å²) in [5, 5.41) is 14.4. The largest absolute Gasteiger partial charge is 0.390 e. The number of carbonyl (C=O) groups excluding carboxylic acids is 2. The van der Waals surface area contributed by atoms with Crippen molar-refractivity contribution < 1.29 is 14.7 Å². The fourth-order valence-corrected chi connectivity index (χ4v) is 3.33. The number of β-amino-alcohol motifs (C(OH)–C–C–N with tert-alkyl or cyclic N) is 1. The molecule has 2 saturated heterocycles. The summed E-state index contributed by atoms with van der Waals surface area (Å²) in [6.07, 6.45) is 2.85. The maximum absolute atomic E-state index is 12.3. The van der Waals surface area contributed by atoms with Gasteiger partial charge in [-0.1, -0.05) is 0 Å². The Bertz CT molecular complexity index is 553. The van der Waals surface area contributed by atoms with Crippen LogP contribution in [0.5, 0.6) is 0 Å². The fourth-order valence-electron chi connectivity index (χ4n) is 3.33. The van der Waals surface area contributed by atoms with Gasteiger partial charge in [-0.15, -0.1) is 0 Å². The summed E-state index contributed by atoms with van der Waals surface area (Å²) < 4.78 is 1.59. The lowest BCUT2D eigenvalue weighted by molar-refractivity contribution is -0.131. The van der Waals surface area contributed by atoms with Crippen molar-refractivity contribution >= 4 is 11.8 Å². The highest BCUT2D eigenvalue weighted by atomic mass is 16.3.